The maximum Gasteiger partial charge on any atom is 0.234 e. The Labute approximate surface area is 78.9 Å². The first-order valence-electron chi connectivity index (χ1n) is 5.23. The molecule has 0 aromatic rings. The summed E-state index contributed by atoms with van der Waals surface area (Å²) in [6.07, 6.45) is 6.12. The Balaban J connectivity index is 1.61. The summed E-state index contributed by atoms with van der Waals surface area (Å²) in [7, 11) is 0. The number of rotatable bonds is 5. The van der Waals surface area contributed by atoms with Crippen LogP contribution in [0.25, 0.3) is 0 Å². The van der Waals surface area contributed by atoms with Crippen LogP contribution in [0, 0.1) is 17.8 Å². The van der Waals surface area contributed by atoms with Crippen LogP contribution in [-0.2, 0) is 4.79 Å². The number of hydrogen-bond donors (Lipinski definition) is 2. The van der Waals surface area contributed by atoms with Crippen LogP contribution in [0.4, 0.5) is 0 Å². The van der Waals surface area contributed by atoms with Gasteiger partial charge in [0, 0.05) is 0 Å². The van der Waals surface area contributed by atoms with Crippen LogP contribution in [-0.4, -0.2) is 11.9 Å². The average molecular weight is 182 g/mol. The summed E-state index contributed by atoms with van der Waals surface area (Å²) in [6.45, 7) is 0. The van der Waals surface area contributed by atoms with E-state index in [2.05, 4.69) is 0 Å². The van der Waals surface area contributed by atoms with Gasteiger partial charge in [-0.25, -0.2) is 0 Å². The Hall–Kier alpha value is -0.570. The summed E-state index contributed by atoms with van der Waals surface area (Å²) in [6, 6.07) is -0.416. The van der Waals surface area contributed by atoms with Crippen molar-refractivity contribution in [1.82, 2.24) is 0 Å². The first-order valence-corrected chi connectivity index (χ1v) is 5.23. The van der Waals surface area contributed by atoms with E-state index >= 15 is 0 Å². The van der Waals surface area contributed by atoms with Crippen LogP contribution in [0.1, 0.15) is 32.1 Å². The summed E-state index contributed by atoms with van der Waals surface area (Å²) in [5, 5.41) is 0. The third-order valence-corrected chi connectivity index (χ3v) is 3.42. The maximum absolute atomic E-state index is 10.7. The lowest BCUT2D eigenvalue weighted by atomic mass is 10.1. The van der Waals surface area contributed by atoms with Crippen LogP contribution in [0.2, 0.25) is 0 Å². The molecule has 2 rings (SSSR count). The number of carbonyl (C=O) groups excluding carboxylic acids is 1. The third kappa shape index (κ3) is 2.21. The van der Waals surface area contributed by atoms with E-state index in [1.165, 1.54) is 19.3 Å². The second-order valence-corrected chi connectivity index (χ2v) is 4.58. The summed E-state index contributed by atoms with van der Waals surface area (Å²) in [5.41, 5.74) is 10.6. The number of carbonyl (C=O) groups is 1. The van der Waals surface area contributed by atoms with E-state index in [1.807, 2.05) is 0 Å². The van der Waals surface area contributed by atoms with Gasteiger partial charge in [0.05, 0.1) is 6.04 Å². The van der Waals surface area contributed by atoms with E-state index in [4.69, 9.17) is 11.5 Å². The van der Waals surface area contributed by atoms with Crippen LogP contribution in [0.5, 0.6) is 0 Å². The van der Waals surface area contributed by atoms with Crippen LogP contribution < -0.4 is 11.5 Å². The Kier molecular flexibility index (Phi) is 2.28. The Morgan fingerprint density at radius 1 is 1.46 bits per heavy atom. The Morgan fingerprint density at radius 2 is 2.15 bits per heavy atom. The lowest BCUT2D eigenvalue weighted by Crippen LogP contribution is -2.36. The third-order valence-electron chi connectivity index (χ3n) is 3.42. The van der Waals surface area contributed by atoms with Crippen molar-refractivity contribution >= 4 is 5.91 Å². The Bertz CT molecular complexity index is 213. The van der Waals surface area contributed by atoms with Crippen LogP contribution >= 0.6 is 0 Å². The van der Waals surface area contributed by atoms with E-state index in [0.717, 1.165) is 30.6 Å². The predicted octanol–water partition coefficient (Wildman–Crippen LogP) is 0.625. The highest BCUT2D eigenvalue weighted by Gasteiger charge is 2.46. The van der Waals surface area contributed by atoms with Crippen LogP contribution in [0.15, 0.2) is 0 Å². The van der Waals surface area contributed by atoms with E-state index in [9.17, 15) is 4.79 Å². The SMILES string of the molecule is NC(=O)C(N)CC[C@@H]1C[C@H]1C1CC1. The van der Waals surface area contributed by atoms with Gasteiger partial charge in [-0.3, -0.25) is 4.79 Å². The van der Waals surface area contributed by atoms with Crippen molar-refractivity contribution in [2.75, 3.05) is 0 Å². The molecule has 74 valence electrons. The van der Waals surface area contributed by atoms with Crippen LogP contribution in [0.3, 0.4) is 0 Å². The molecular formula is C10H18N2O. The van der Waals surface area contributed by atoms with Crippen molar-refractivity contribution in [2.24, 2.45) is 29.2 Å². The number of hydrogen-bond acceptors (Lipinski definition) is 2. The lowest BCUT2D eigenvalue weighted by molar-refractivity contribution is -0.119. The normalized spacial score (nSPS) is 34.2. The fourth-order valence-corrected chi connectivity index (χ4v) is 2.24. The number of amides is 1. The molecule has 4 N–H and O–H groups in total. The second-order valence-electron chi connectivity index (χ2n) is 4.58. The van der Waals surface area contributed by atoms with Crippen molar-refractivity contribution in [3.05, 3.63) is 0 Å². The van der Waals surface area contributed by atoms with Gasteiger partial charge in [-0.2, -0.15) is 0 Å². The molecule has 13 heavy (non-hydrogen) atoms. The van der Waals surface area contributed by atoms with E-state index in [0.29, 0.717) is 0 Å². The summed E-state index contributed by atoms with van der Waals surface area (Å²) >= 11 is 0. The molecular weight excluding hydrogens is 164 g/mol. The van der Waals surface area contributed by atoms with Crippen molar-refractivity contribution in [2.45, 2.75) is 38.1 Å². The predicted molar refractivity (Wildman–Crippen MR) is 50.7 cm³/mol. The van der Waals surface area contributed by atoms with E-state index < -0.39 is 6.04 Å². The molecule has 3 nitrogen and oxygen atoms in total. The lowest BCUT2D eigenvalue weighted by Gasteiger charge is -2.05. The first kappa shape index (κ1) is 9.00. The summed E-state index contributed by atoms with van der Waals surface area (Å²) < 4.78 is 0. The molecule has 3 heteroatoms. The fraction of sp³-hybridized carbons (Fsp3) is 0.900. The Morgan fingerprint density at radius 3 is 2.69 bits per heavy atom. The molecule has 0 aliphatic heterocycles. The first-order chi connectivity index (χ1) is 6.18. The zero-order valence-corrected chi connectivity index (χ0v) is 7.91. The van der Waals surface area contributed by atoms with Gasteiger partial charge in [-0.05, 0) is 49.9 Å². The second kappa shape index (κ2) is 3.29. The molecule has 0 saturated heterocycles. The molecule has 0 bridgehead atoms. The molecule has 0 spiro atoms. The fourth-order valence-electron chi connectivity index (χ4n) is 2.24. The van der Waals surface area contributed by atoms with Gasteiger partial charge in [0.1, 0.15) is 0 Å². The minimum absolute atomic E-state index is 0.358. The van der Waals surface area contributed by atoms with Gasteiger partial charge in [-0.1, -0.05) is 0 Å². The van der Waals surface area contributed by atoms with Crippen molar-refractivity contribution < 1.29 is 4.79 Å². The quantitative estimate of drug-likeness (QED) is 0.654. The molecule has 2 saturated carbocycles. The molecule has 1 unspecified atom stereocenters. The number of nitrogens with two attached hydrogens (primary N) is 2. The molecule has 2 aliphatic rings. The molecule has 0 radical (unpaired) electrons. The largest absolute Gasteiger partial charge is 0.368 e. The average Bonchev–Trinajstić information content (AvgIpc) is 2.91. The molecule has 2 aliphatic carbocycles. The highest BCUT2D eigenvalue weighted by atomic mass is 16.1. The molecule has 2 fully saturated rings. The maximum atomic E-state index is 10.7. The molecule has 1 amide bonds. The smallest absolute Gasteiger partial charge is 0.234 e. The van der Waals surface area contributed by atoms with Gasteiger partial charge in [0.2, 0.25) is 5.91 Å². The van der Waals surface area contributed by atoms with Gasteiger partial charge >= 0.3 is 0 Å². The van der Waals surface area contributed by atoms with Crippen molar-refractivity contribution in [3.8, 4) is 0 Å². The van der Waals surface area contributed by atoms with Gasteiger partial charge in [-0.15, -0.1) is 0 Å². The zero-order valence-electron chi connectivity index (χ0n) is 7.91. The molecule has 0 aromatic carbocycles. The van der Waals surface area contributed by atoms with Gasteiger partial charge < -0.3 is 11.5 Å². The van der Waals surface area contributed by atoms with E-state index in [1.54, 1.807) is 0 Å². The minimum atomic E-state index is -0.416. The van der Waals surface area contributed by atoms with Gasteiger partial charge in [0.25, 0.3) is 0 Å². The molecule has 0 aromatic heterocycles. The van der Waals surface area contributed by atoms with Crippen molar-refractivity contribution in [1.29, 1.82) is 0 Å². The zero-order chi connectivity index (χ0) is 9.42. The van der Waals surface area contributed by atoms with Gasteiger partial charge in [0.15, 0.2) is 0 Å². The topological polar surface area (TPSA) is 69.1 Å². The highest BCUT2D eigenvalue weighted by Crippen LogP contribution is 2.55. The minimum Gasteiger partial charge on any atom is -0.368 e. The molecule has 3 atom stereocenters. The van der Waals surface area contributed by atoms with E-state index in [-0.39, 0.29) is 5.91 Å². The summed E-state index contributed by atoms with van der Waals surface area (Å²) in [4.78, 5) is 10.7. The highest BCUT2D eigenvalue weighted by molar-refractivity contribution is 5.79. The monoisotopic (exact) mass is 182 g/mol. The molecule has 0 heterocycles. The number of primary amides is 1. The summed E-state index contributed by atoms with van der Waals surface area (Å²) in [5.74, 6) is 2.50. The van der Waals surface area contributed by atoms with Crippen molar-refractivity contribution in [3.63, 3.8) is 0 Å². The standard InChI is InChI=1S/C10H18N2O/c11-9(10(12)13)4-3-7-5-8(7)6-1-2-6/h6-9H,1-5,11H2,(H2,12,13)/t7-,8+,9?/m1/s1.